The minimum Gasteiger partial charge on any atom is -0.493 e. The van der Waals surface area contributed by atoms with Crippen molar-refractivity contribution in [3.63, 3.8) is 0 Å². The molecule has 0 saturated carbocycles. The lowest BCUT2D eigenvalue weighted by atomic mass is 10.1. The number of hydrogen-bond acceptors (Lipinski definition) is 6. The van der Waals surface area contributed by atoms with Gasteiger partial charge in [0.25, 0.3) is 0 Å². The summed E-state index contributed by atoms with van der Waals surface area (Å²) in [6.45, 7) is 0. The van der Waals surface area contributed by atoms with Crippen LogP contribution in [0.5, 0.6) is 11.5 Å². The third-order valence-corrected chi connectivity index (χ3v) is 6.41. The van der Waals surface area contributed by atoms with E-state index in [-0.39, 0.29) is 5.91 Å². The van der Waals surface area contributed by atoms with Crippen LogP contribution in [-0.4, -0.2) is 37.9 Å². The molecule has 0 fully saturated rings. The number of thioether (sulfide) groups is 1. The maximum Gasteiger partial charge on any atom is 0.237 e. The summed E-state index contributed by atoms with van der Waals surface area (Å²) in [6.07, 6.45) is 0. The highest BCUT2D eigenvalue weighted by atomic mass is 32.2. The molecule has 2 heterocycles. The summed E-state index contributed by atoms with van der Waals surface area (Å²) in [5.74, 6) is 1.98. The van der Waals surface area contributed by atoms with Crippen molar-refractivity contribution in [3.8, 4) is 33.3 Å². The molecule has 0 bridgehead atoms. The Morgan fingerprint density at radius 3 is 2.59 bits per heavy atom. The molecule has 3 aromatic rings. The summed E-state index contributed by atoms with van der Waals surface area (Å²) in [7, 11) is 5.06. The SMILES string of the molecule is COc1ccc(-c2nc(-c3ccc4c(c3)N(C)C(=O)CS4)cs2)cc1OC. The summed E-state index contributed by atoms with van der Waals surface area (Å²) in [5.41, 5.74) is 3.81. The van der Waals surface area contributed by atoms with Crippen molar-refractivity contribution in [2.24, 2.45) is 0 Å². The molecule has 1 aliphatic rings. The van der Waals surface area contributed by atoms with Gasteiger partial charge in [-0.2, -0.15) is 0 Å². The summed E-state index contributed by atoms with van der Waals surface area (Å²) >= 11 is 3.15. The predicted octanol–water partition coefficient (Wildman–Crippen LogP) is 4.56. The number of aromatic nitrogens is 1. The van der Waals surface area contributed by atoms with Gasteiger partial charge in [0.2, 0.25) is 5.91 Å². The molecule has 27 heavy (non-hydrogen) atoms. The highest BCUT2D eigenvalue weighted by Crippen LogP contribution is 2.39. The second kappa shape index (κ2) is 7.25. The smallest absolute Gasteiger partial charge is 0.237 e. The third kappa shape index (κ3) is 3.28. The van der Waals surface area contributed by atoms with Gasteiger partial charge in [-0.25, -0.2) is 4.98 Å². The normalized spacial score (nSPS) is 13.4. The minimum atomic E-state index is 0.119. The van der Waals surface area contributed by atoms with Crippen LogP contribution in [-0.2, 0) is 4.79 Å². The molecule has 1 aromatic heterocycles. The summed E-state index contributed by atoms with van der Waals surface area (Å²) < 4.78 is 10.7. The third-order valence-electron chi connectivity index (χ3n) is 4.48. The van der Waals surface area contributed by atoms with Gasteiger partial charge < -0.3 is 14.4 Å². The number of methoxy groups -OCH3 is 2. The van der Waals surface area contributed by atoms with E-state index in [1.807, 2.05) is 36.7 Å². The second-order valence-corrected chi connectivity index (χ2v) is 7.91. The predicted molar refractivity (Wildman–Crippen MR) is 110 cm³/mol. The first-order valence-corrected chi connectivity index (χ1v) is 10.2. The van der Waals surface area contributed by atoms with Gasteiger partial charge in [-0.3, -0.25) is 4.79 Å². The Morgan fingerprint density at radius 2 is 1.81 bits per heavy atom. The lowest BCUT2D eigenvalue weighted by molar-refractivity contribution is -0.116. The van der Waals surface area contributed by atoms with E-state index in [1.165, 1.54) is 0 Å². The van der Waals surface area contributed by atoms with E-state index in [0.717, 1.165) is 32.4 Å². The van der Waals surface area contributed by atoms with E-state index < -0.39 is 0 Å². The number of anilines is 1. The second-order valence-electron chi connectivity index (χ2n) is 6.03. The lowest BCUT2D eigenvalue weighted by Gasteiger charge is -2.25. The van der Waals surface area contributed by atoms with E-state index in [0.29, 0.717) is 17.3 Å². The van der Waals surface area contributed by atoms with Gasteiger partial charge in [-0.15, -0.1) is 23.1 Å². The van der Waals surface area contributed by atoms with Crippen LogP contribution >= 0.6 is 23.1 Å². The summed E-state index contributed by atoms with van der Waals surface area (Å²) in [6, 6.07) is 11.9. The molecule has 0 atom stereocenters. The number of carbonyl (C=O) groups excluding carboxylic acids is 1. The maximum atomic E-state index is 12.0. The van der Waals surface area contributed by atoms with Crippen LogP contribution in [0.25, 0.3) is 21.8 Å². The van der Waals surface area contributed by atoms with Gasteiger partial charge in [0, 0.05) is 28.5 Å². The Hall–Kier alpha value is -2.51. The highest BCUT2D eigenvalue weighted by Gasteiger charge is 2.22. The first kappa shape index (κ1) is 17.9. The Morgan fingerprint density at radius 1 is 1.04 bits per heavy atom. The van der Waals surface area contributed by atoms with Crippen LogP contribution in [0.4, 0.5) is 5.69 Å². The number of benzene rings is 2. The molecule has 2 aromatic carbocycles. The van der Waals surface area contributed by atoms with Crippen LogP contribution < -0.4 is 14.4 Å². The number of amides is 1. The van der Waals surface area contributed by atoms with E-state index in [2.05, 4.69) is 12.1 Å². The van der Waals surface area contributed by atoms with Gasteiger partial charge in [0.15, 0.2) is 11.5 Å². The Bertz CT molecular complexity index is 1020. The molecule has 1 amide bonds. The monoisotopic (exact) mass is 398 g/mol. The zero-order valence-electron chi connectivity index (χ0n) is 15.2. The fourth-order valence-corrected chi connectivity index (χ4v) is 4.75. The molecule has 1 aliphatic heterocycles. The van der Waals surface area contributed by atoms with E-state index >= 15 is 0 Å². The van der Waals surface area contributed by atoms with Crippen LogP contribution in [0.2, 0.25) is 0 Å². The topological polar surface area (TPSA) is 51.7 Å². The van der Waals surface area contributed by atoms with Crippen molar-refractivity contribution >= 4 is 34.7 Å². The molecule has 0 radical (unpaired) electrons. The fraction of sp³-hybridized carbons (Fsp3) is 0.200. The number of carbonyl (C=O) groups is 1. The molecule has 0 saturated heterocycles. The number of thiazole rings is 1. The average molecular weight is 399 g/mol. The van der Waals surface area contributed by atoms with Crippen molar-refractivity contribution < 1.29 is 14.3 Å². The van der Waals surface area contributed by atoms with Crippen LogP contribution in [0, 0.1) is 0 Å². The zero-order valence-corrected chi connectivity index (χ0v) is 16.8. The quantitative estimate of drug-likeness (QED) is 0.645. The Balaban J connectivity index is 1.68. The molecule has 0 aliphatic carbocycles. The van der Waals surface area contributed by atoms with Crippen molar-refractivity contribution in [2.45, 2.75) is 4.90 Å². The molecular formula is C20H18N2O3S2. The highest BCUT2D eigenvalue weighted by molar-refractivity contribution is 8.00. The van der Waals surface area contributed by atoms with Crippen LogP contribution in [0.1, 0.15) is 0 Å². The van der Waals surface area contributed by atoms with Gasteiger partial charge in [-0.1, -0.05) is 6.07 Å². The van der Waals surface area contributed by atoms with Crippen molar-refractivity contribution in [1.29, 1.82) is 0 Å². The number of nitrogens with zero attached hydrogens (tertiary/aromatic N) is 2. The maximum absolute atomic E-state index is 12.0. The number of rotatable bonds is 4. The van der Waals surface area contributed by atoms with Crippen molar-refractivity contribution in [1.82, 2.24) is 4.98 Å². The first-order valence-electron chi connectivity index (χ1n) is 8.32. The van der Waals surface area contributed by atoms with E-state index in [4.69, 9.17) is 14.5 Å². The summed E-state index contributed by atoms with van der Waals surface area (Å²) in [5, 5.41) is 2.94. The molecule has 0 N–H and O–H groups in total. The molecule has 5 nitrogen and oxygen atoms in total. The molecule has 0 spiro atoms. The van der Waals surface area contributed by atoms with Crippen molar-refractivity contribution in [2.75, 3.05) is 31.9 Å². The molecule has 0 unspecified atom stereocenters. The van der Waals surface area contributed by atoms with Crippen LogP contribution in [0.15, 0.2) is 46.7 Å². The Kier molecular flexibility index (Phi) is 4.80. The fourth-order valence-electron chi connectivity index (χ4n) is 2.94. The number of hydrogen-bond donors (Lipinski definition) is 0. The van der Waals surface area contributed by atoms with E-state index in [9.17, 15) is 4.79 Å². The molecule has 4 rings (SSSR count). The van der Waals surface area contributed by atoms with Crippen molar-refractivity contribution in [3.05, 3.63) is 41.8 Å². The lowest BCUT2D eigenvalue weighted by Crippen LogP contribution is -2.31. The zero-order chi connectivity index (χ0) is 19.0. The van der Waals surface area contributed by atoms with Gasteiger partial charge in [-0.05, 0) is 30.3 Å². The number of ether oxygens (including phenoxy) is 2. The molecule has 138 valence electrons. The largest absolute Gasteiger partial charge is 0.493 e. The first-order chi connectivity index (χ1) is 13.1. The van der Waals surface area contributed by atoms with Gasteiger partial charge >= 0.3 is 0 Å². The minimum absolute atomic E-state index is 0.119. The van der Waals surface area contributed by atoms with Gasteiger partial charge in [0.1, 0.15) is 5.01 Å². The molecular weight excluding hydrogens is 380 g/mol. The Labute approximate surface area is 165 Å². The molecule has 7 heteroatoms. The van der Waals surface area contributed by atoms with E-state index in [1.54, 1.807) is 42.2 Å². The standard InChI is InChI=1S/C20H18N2O3S2/c1-22-15-8-12(5-7-18(15)26-11-19(22)23)14-10-27-20(21-14)13-4-6-16(24-2)17(9-13)25-3/h4-10H,11H2,1-3H3. The number of fused-ring (bicyclic) bond motifs is 1. The van der Waals surface area contributed by atoms with Crippen LogP contribution in [0.3, 0.4) is 0 Å². The summed E-state index contributed by atoms with van der Waals surface area (Å²) in [4.78, 5) is 19.6. The van der Waals surface area contributed by atoms with Gasteiger partial charge in [0.05, 0.1) is 31.4 Å². The average Bonchev–Trinajstić information content (AvgIpc) is 3.20.